The van der Waals surface area contributed by atoms with Crippen LogP contribution in [0.4, 0.5) is 0 Å². The van der Waals surface area contributed by atoms with Crippen LogP contribution in [0, 0.1) is 11.8 Å². The summed E-state index contributed by atoms with van der Waals surface area (Å²) in [6.07, 6.45) is 6.73. The van der Waals surface area contributed by atoms with Gasteiger partial charge in [-0.3, -0.25) is 0 Å². The van der Waals surface area contributed by atoms with Crippen LogP contribution in [0.15, 0.2) is 72.3 Å². The van der Waals surface area contributed by atoms with Gasteiger partial charge in [0.25, 0.3) is 0 Å². The Kier molecular flexibility index (Phi) is 4.95. The summed E-state index contributed by atoms with van der Waals surface area (Å²) < 4.78 is 0. The second-order valence-electron chi connectivity index (χ2n) is 7.84. The Balaban J connectivity index is 2.26. The van der Waals surface area contributed by atoms with Gasteiger partial charge in [-0.2, -0.15) is 0 Å². The molecule has 2 nitrogen and oxygen atoms in total. The molecular formula is C24H28O2. The van der Waals surface area contributed by atoms with Gasteiger partial charge in [0.15, 0.2) is 0 Å². The molecule has 0 heterocycles. The zero-order chi connectivity index (χ0) is 18.9. The maximum absolute atomic E-state index is 9.77. The fourth-order valence-corrected chi connectivity index (χ4v) is 4.32. The number of phenols is 2. The molecule has 1 aliphatic rings. The summed E-state index contributed by atoms with van der Waals surface area (Å²) in [7, 11) is 0. The lowest BCUT2D eigenvalue weighted by atomic mass is 9.56. The van der Waals surface area contributed by atoms with Crippen LogP contribution in [-0.4, -0.2) is 10.2 Å². The number of hydrogen-bond acceptors (Lipinski definition) is 2. The van der Waals surface area contributed by atoms with E-state index in [-0.39, 0.29) is 22.8 Å². The van der Waals surface area contributed by atoms with Gasteiger partial charge < -0.3 is 10.2 Å². The number of rotatable bonds is 4. The summed E-state index contributed by atoms with van der Waals surface area (Å²) >= 11 is 0. The third kappa shape index (κ3) is 3.05. The highest BCUT2D eigenvalue weighted by Gasteiger charge is 2.45. The van der Waals surface area contributed by atoms with Crippen molar-refractivity contribution in [2.24, 2.45) is 11.8 Å². The molecular weight excluding hydrogens is 320 g/mol. The van der Waals surface area contributed by atoms with Crippen LogP contribution in [0.25, 0.3) is 0 Å². The molecule has 0 saturated heterocycles. The smallest absolute Gasteiger partial charge is 0.115 e. The molecule has 2 atom stereocenters. The Bertz CT molecular complexity index is 810. The summed E-state index contributed by atoms with van der Waals surface area (Å²) in [5.74, 6) is 1.51. The average Bonchev–Trinajstić information content (AvgIpc) is 2.62. The summed E-state index contributed by atoms with van der Waals surface area (Å²) in [5.41, 5.74) is 3.58. The summed E-state index contributed by atoms with van der Waals surface area (Å²) in [6.45, 7) is 8.99. The monoisotopic (exact) mass is 348 g/mol. The number of hydrogen-bond donors (Lipinski definition) is 2. The third-order valence-corrected chi connectivity index (χ3v) is 5.69. The Morgan fingerprint density at radius 3 is 1.85 bits per heavy atom. The molecule has 0 bridgehead atoms. The van der Waals surface area contributed by atoms with Gasteiger partial charge in [0.05, 0.1) is 0 Å². The number of aromatic hydroxyl groups is 2. The van der Waals surface area contributed by atoms with Gasteiger partial charge in [-0.05, 0) is 47.2 Å². The first-order chi connectivity index (χ1) is 12.4. The van der Waals surface area contributed by atoms with Gasteiger partial charge in [0.2, 0.25) is 0 Å². The Morgan fingerprint density at radius 2 is 1.35 bits per heavy atom. The van der Waals surface area contributed by atoms with Crippen LogP contribution in [-0.2, 0) is 5.41 Å². The van der Waals surface area contributed by atoms with Gasteiger partial charge >= 0.3 is 0 Å². The maximum Gasteiger partial charge on any atom is 0.115 e. The molecule has 0 saturated carbocycles. The van der Waals surface area contributed by atoms with Crippen LogP contribution >= 0.6 is 0 Å². The summed E-state index contributed by atoms with van der Waals surface area (Å²) in [5, 5.41) is 19.5. The molecule has 0 spiro atoms. The van der Waals surface area contributed by atoms with Crippen LogP contribution in [0.1, 0.15) is 44.7 Å². The van der Waals surface area contributed by atoms with Gasteiger partial charge in [0.1, 0.15) is 11.5 Å². The van der Waals surface area contributed by atoms with Crippen molar-refractivity contribution in [2.75, 3.05) is 0 Å². The zero-order valence-electron chi connectivity index (χ0n) is 16.0. The lowest BCUT2D eigenvalue weighted by molar-refractivity contribution is 0.324. The van der Waals surface area contributed by atoms with E-state index in [0.29, 0.717) is 11.8 Å². The van der Waals surface area contributed by atoms with Crippen LogP contribution < -0.4 is 0 Å². The van der Waals surface area contributed by atoms with E-state index in [1.54, 1.807) is 24.3 Å². The minimum atomic E-state index is -0.209. The summed E-state index contributed by atoms with van der Waals surface area (Å²) in [6, 6.07) is 15.2. The van der Waals surface area contributed by atoms with Crippen molar-refractivity contribution < 1.29 is 10.2 Å². The number of allylic oxidation sites excluding steroid dienone is 4. The molecule has 0 aliphatic heterocycles. The molecule has 0 aromatic heterocycles. The van der Waals surface area contributed by atoms with E-state index in [9.17, 15) is 10.2 Å². The molecule has 2 aromatic rings. The van der Waals surface area contributed by atoms with E-state index >= 15 is 0 Å². The highest BCUT2D eigenvalue weighted by molar-refractivity contribution is 5.50. The van der Waals surface area contributed by atoms with Crippen molar-refractivity contribution in [1.29, 1.82) is 0 Å². The topological polar surface area (TPSA) is 40.5 Å². The fraction of sp³-hybridized carbons (Fsp3) is 0.333. The molecule has 1 aliphatic carbocycles. The second kappa shape index (κ2) is 7.03. The molecule has 0 amide bonds. The van der Waals surface area contributed by atoms with Crippen molar-refractivity contribution in [2.45, 2.75) is 39.0 Å². The predicted molar refractivity (Wildman–Crippen MR) is 108 cm³/mol. The van der Waals surface area contributed by atoms with Crippen LogP contribution in [0.5, 0.6) is 11.5 Å². The number of benzene rings is 2. The highest BCUT2D eigenvalue weighted by atomic mass is 16.3. The van der Waals surface area contributed by atoms with Crippen molar-refractivity contribution >= 4 is 0 Å². The van der Waals surface area contributed by atoms with Crippen molar-refractivity contribution in [3.8, 4) is 11.5 Å². The normalized spacial score (nSPS) is 22.7. The van der Waals surface area contributed by atoms with Gasteiger partial charge in [0, 0.05) is 11.3 Å². The fourth-order valence-electron chi connectivity index (χ4n) is 4.32. The standard InChI is InChI=1S/C24H28O2/c1-16(2)22-6-5-15-24(17(3)4,19-9-13-21(26)14-10-19)23(22)18-7-11-20(25)12-8-18/h5-17,23,25-26H,1-4H3. The zero-order valence-corrected chi connectivity index (χ0v) is 16.0. The van der Waals surface area contributed by atoms with E-state index in [1.807, 2.05) is 24.3 Å². The van der Waals surface area contributed by atoms with Gasteiger partial charge in [-0.25, -0.2) is 0 Å². The SMILES string of the molecule is CC(C)C1=CC=CC(c2ccc(O)cc2)(C(C)C)C1c1ccc(O)cc1. The maximum atomic E-state index is 9.77. The highest BCUT2D eigenvalue weighted by Crippen LogP contribution is 2.53. The van der Waals surface area contributed by atoms with E-state index in [1.165, 1.54) is 16.7 Å². The van der Waals surface area contributed by atoms with Gasteiger partial charge in [-0.1, -0.05) is 75.8 Å². The Labute approximate surface area is 156 Å². The molecule has 2 aromatic carbocycles. The van der Waals surface area contributed by atoms with Crippen LogP contribution in [0.3, 0.4) is 0 Å². The molecule has 3 rings (SSSR count). The Hall–Kier alpha value is -2.48. The molecule has 136 valence electrons. The third-order valence-electron chi connectivity index (χ3n) is 5.69. The van der Waals surface area contributed by atoms with Crippen molar-refractivity contribution in [3.05, 3.63) is 83.5 Å². The minimum Gasteiger partial charge on any atom is -0.508 e. The first-order valence-electron chi connectivity index (χ1n) is 9.34. The average molecular weight is 348 g/mol. The summed E-state index contributed by atoms with van der Waals surface area (Å²) in [4.78, 5) is 0. The lowest BCUT2D eigenvalue weighted by Crippen LogP contribution is -2.40. The molecule has 26 heavy (non-hydrogen) atoms. The molecule has 2 unspecified atom stereocenters. The van der Waals surface area contributed by atoms with E-state index in [4.69, 9.17) is 0 Å². The quantitative estimate of drug-likeness (QED) is 0.719. The van der Waals surface area contributed by atoms with E-state index in [2.05, 4.69) is 45.9 Å². The second-order valence-corrected chi connectivity index (χ2v) is 7.84. The first kappa shape index (κ1) is 18.3. The largest absolute Gasteiger partial charge is 0.508 e. The van der Waals surface area contributed by atoms with E-state index in [0.717, 1.165) is 0 Å². The molecule has 0 fully saturated rings. The lowest BCUT2D eigenvalue weighted by Gasteiger charge is -2.47. The van der Waals surface area contributed by atoms with Crippen LogP contribution in [0.2, 0.25) is 0 Å². The predicted octanol–water partition coefficient (Wildman–Crippen LogP) is 5.93. The number of phenolic OH excluding ortho intramolecular Hbond substituents is 2. The first-order valence-corrected chi connectivity index (χ1v) is 9.34. The molecule has 2 heteroatoms. The van der Waals surface area contributed by atoms with E-state index < -0.39 is 0 Å². The van der Waals surface area contributed by atoms with Crippen molar-refractivity contribution in [1.82, 2.24) is 0 Å². The Morgan fingerprint density at radius 1 is 0.808 bits per heavy atom. The molecule has 0 radical (unpaired) electrons. The van der Waals surface area contributed by atoms with Gasteiger partial charge in [-0.15, -0.1) is 0 Å². The molecule has 2 N–H and O–H groups in total. The van der Waals surface area contributed by atoms with Crippen molar-refractivity contribution in [3.63, 3.8) is 0 Å². The minimum absolute atomic E-state index is 0.178.